The molecule has 106 valence electrons. The normalized spacial score (nSPS) is 10.8. The summed E-state index contributed by atoms with van der Waals surface area (Å²) in [6.45, 7) is 1.97. The molecule has 1 N–H and O–H groups in total. The Labute approximate surface area is 134 Å². The molecule has 0 saturated carbocycles. The Morgan fingerprint density at radius 1 is 1.14 bits per heavy atom. The van der Waals surface area contributed by atoms with Crippen LogP contribution in [0.3, 0.4) is 0 Å². The summed E-state index contributed by atoms with van der Waals surface area (Å²) in [5.74, 6) is 0.732. The molecule has 0 aliphatic rings. The fraction of sp³-hybridized carbons (Fsp3) is 0.0667. The molecule has 6 heteroatoms. The Morgan fingerprint density at radius 2 is 1.90 bits per heavy atom. The number of hydrogen-bond donors (Lipinski definition) is 1. The van der Waals surface area contributed by atoms with Crippen LogP contribution in [0.2, 0.25) is 5.02 Å². The first kappa shape index (κ1) is 14.1. The van der Waals surface area contributed by atoms with Gasteiger partial charge in [0.2, 0.25) is 5.82 Å². The summed E-state index contributed by atoms with van der Waals surface area (Å²) < 4.78 is 6.22. The minimum Gasteiger partial charge on any atom is -0.507 e. The molecule has 0 fully saturated rings. The van der Waals surface area contributed by atoms with Crippen molar-refractivity contribution in [1.82, 2.24) is 10.1 Å². The molecule has 21 heavy (non-hydrogen) atoms. The average molecular weight is 366 g/mol. The zero-order chi connectivity index (χ0) is 15.0. The molecule has 1 heterocycles. The zero-order valence-corrected chi connectivity index (χ0v) is 13.3. The maximum absolute atomic E-state index is 9.90. The van der Waals surface area contributed by atoms with Gasteiger partial charge in [-0.1, -0.05) is 32.7 Å². The number of aromatic nitrogens is 2. The SMILES string of the molecule is Cc1cc(Br)ccc1-c1noc(-c2ccc(Cl)cc2O)n1. The number of hydrogen-bond acceptors (Lipinski definition) is 4. The van der Waals surface area contributed by atoms with E-state index < -0.39 is 0 Å². The number of nitrogens with zero attached hydrogens (tertiary/aromatic N) is 2. The predicted molar refractivity (Wildman–Crippen MR) is 84.3 cm³/mol. The van der Waals surface area contributed by atoms with Crippen molar-refractivity contribution < 1.29 is 9.63 Å². The van der Waals surface area contributed by atoms with Crippen LogP contribution >= 0.6 is 27.5 Å². The lowest BCUT2D eigenvalue weighted by Crippen LogP contribution is -1.86. The van der Waals surface area contributed by atoms with Crippen LogP contribution in [-0.2, 0) is 0 Å². The third-order valence-corrected chi connectivity index (χ3v) is 3.77. The molecule has 1 aromatic heterocycles. The summed E-state index contributed by atoms with van der Waals surface area (Å²) in [6, 6.07) is 10.5. The highest BCUT2D eigenvalue weighted by Crippen LogP contribution is 2.32. The van der Waals surface area contributed by atoms with Crippen LogP contribution in [0, 0.1) is 6.92 Å². The minimum absolute atomic E-state index is 0.00484. The first-order valence-electron chi connectivity index (χ1n) is 6.14. The van der Waals surface area contributed by atoms with Gasteiger partial charge in [0.25, 0.3) is 5.89 Å². The summed E-state index contributed by atoms with van der Waals surface area (Å²) in [4.78, 5) is 4.34. The standard InChI is InChI=1S/C15H10BrClN2O2/c1-8-6-9(16)2-4-11(8)14-18-15(21-19-14)12-5-3-10(17)7-13(12)20/h2-7,20H,1H3. The van der Waals surface area contributed by atoms with Crippen molar-refractivity contribution in [3.8, 4) is 28.6 Å². The second-order valence-electron chi connectivity index (χ2n) is 4.54. The molecule has 0 unspecified atom stereocenters. The van der Waals surface area contributed by atoms with Crippen molar-refractivity contribution in [1.29, 1.82) is 0 Å². The van der Waals surface area contributed by atoms with Gasteiger partial charge in [-0.3, -0.25) is 0 Å². The second-order valence-corrected chi connectivity index (χ2v) is 5.90. The average Bonchev–Trinajstić information content (AvgIpc) is 2.87. The lowest BCUT2D eigenvalue weighted by molar-refractivity contribution is 0.425. The number of phenols is 1. The molecule has 0 spiro atoms. The number of halogens is 2. The largest absolute Gasteiger partial charge is 0.507 e. The second kappa shape index (κ2) is 5.50. The van der Waals surface area contributed by atoms with Crippen molar-refractivity contribution >= 4 is 27.5 Å². The summed E-state index contributed by atoms with van der Waals surface area (Å²) in [5.41, 5.74) is 2.35. The Bertz CT molecular complexity index is 751. The van der Waals surface area contributed by atoms with Gasteiger partial charge in [-0.2, -0.15) is 4.98 Å². The molecular weight excluding hydrogens is 356 g/mol. The van der Waals surface area contributed by atoms with Crippen LogP contribution in [0.1, 0.15) is 5.56 Å². The number of benzene rings is 2. The van der Waals surface area contributed by atoms with Gasteiger partial charge in [-0.05, 0) is 48.9 Å². The minimum atomic E-state index is 0.00484. The Hall–Kier alpha value is -1.85. The van der Waals surface area contributed by atoms with Gasteiger partial charge in [0.1, 0.15) is 5.75 Å². The molecule has 0 bridgehead atoms. The van der Waals surface area contributed by atoms with E-state index in [1.807, 2.05) is 25.1 Å². The first-order valence-corrected chi connectivity index (χ1v) is 7.31. The van der Waals surface area contributed by atoms with Crippen molar-refractivity contribution in [2.24, 2.45) is 0 Å². The molecule has 0 aliphatic heterocycles. The van der Waals surface area contributed by atoms with Crippen molar-refractivity contribution in [3.63, 3.8) is 0 Å². The first-order chi connectivity index (χ1) is 10.0. The van der Waals surface area contributed by atoms with Crippen molar-refractivity contribution in [2.45, 2.75) is 6.92 Å². The van der Waals surface area contributed by atoms with Gasteiger partial charge in [-0.25, -0.2) is 0 Å². The summed E-state index contributed by atoms with van der Waals surface area (Å²) in [6.07, 6.45) is 0. The van der Waals surface area contributed by atoms with Gasteiger partial charge < -0.3 is 9.63 Å². The van der Waals surface area contributed by atoms with E-state index in [0.717, 1.165) is 15.6 Å². The summed E-state index contributed by atoms with van der Waals surface area (Å²) in [5, 5.41) is 14.3. The van der Waals surface area contributed by atoms with E-state index >= 15 is 0 Å². The van der Waals surface area contributed by atoms with Crippen LogP contribution in [0.4, 0.5) is 0 Å². The molecule has 0 saturated heterocycles. The summed E-state index contributed by atoms with van der Waals surface area (Å²) in [7, 11) is 0. The Kier molecular flexibility index (Phi) is 3.69. The maximum atomic E-state index is 9.90. The number of rotatable bonds is 2. The summed E-state index contributed by atoms with van der Waals surface area (Å²) >= 11 is 9.23. The fourth-order valence-electron chi connectivity index (χ4n) is 2.01. The molecule has 0 atom stereocenters. The highest BCUT2D eigenvalue weighted by molar-refractivity contribution is 9.10. The van der Waals surface area contributed by atoms with Crippen LogP contribution in [0.5, 0.6) is 5.75 Å². The lowest BCUT2D eigenvalue weighted by Gasteiger charge is -2.01. The van der Waals surface area contributed by atoms with Gasteiger partial charge >= 0.3 is 0 Å². The van der Waals surface area contributed by atoms with Gasteiger partial charge in [0, 0.05) is 15.1 Å². The van der Waals surface area contributed by atoms with Gasteiger partial charge in [-0.15, -0.1) is 0 Å². The van der Waals surface area contributed by atoms with Gasteiger partial charge in [0.15, 0.2) is 0 Å². The topological polar surface area (TPSA) is 59.2 Å². The number of aromatic hydroxyl groups is 1. The van der Waals surface area contributed by atoms with E-state index in [2.05, 4.69) is 26.1 Å². The highest BCUT2D eigenvalue weighted by Gasteiger charge is 2.15. The molecular formula is C15H10BrClN2O2. The quantitative estimate of drug-likeness (QED) is 0.706. The highest BCUT2D eigenvalue weighted by atomic mass is 79.9. The third-order valence-electron chi connectivity index (χ3n) is 3.05. The maximum Gasteiger partial charge on any atom is 0.261 e. The van der Waals surface area contributed by atoms with E-state index in [0.29, 0.717) is 16.4 Å². The van der Waals surface area contributed by atoms with E-state index in [1.54, 1.807) is 12.1 Å². The molecule has 3 aromatic rings. The number of aryl methyl sites for hydroxylation is 1. The molecule has 3 rings (SSSR count). The molecule has 4 nitrogen and oxygen atoms in total. The lowest BCUT2D eigenvalue weighted by atomic mass is 10.1. The zero-order valence-electron chi connectivity index (χ0n) is 11.0. The smallest absolute Gasteiger partial charge is 0.261 e. The van der Waals surface area contributed by atoms with Crippen LogP contribution in [-0.4, -0.2) is 15.2 Å². The van der Waals surface area contributed by atoms with Crippen LogP contribution in [0.25, 0.3) is 22.8 Å². The molecule has 0 amide bonds. The third kappa shape index (κ3) is 2.80. The predicted octanol–water partition coefficient (Wildman–Crippen LogP) is 4.83. The van der Waals surface area contributed by atoms with Crippen molar-refractivity contribution in [3.05, 3.63) is 51.5 Å². The molecule has 0 radical (unpaired) electrons. The van der Waals surface area contributed by atoms with E-state index in [9.17, 15) is 5.11 Å². The monoisotopic (exact) mass is 364 g/mol. The van der Waals surface area contributed by atoms with E-state index in [-0.39, 0.29) is 11.6 Å². The number of phenolic OH excluding ortho intramolecular Hbond substituents is 1. The van der Waals surface area contributed by atoms with E-state index in [4.69, 9.17) is 16.1 Å². The van der Waals surface area contributed by atoms with E-state index in [1.165, 1.54) is 6.07 Å². The molecule has 2 aromatic carbocycles. The van der Waals surface area contributed by atoms with Crippen LogP contribution in [0.15, 0.2) is 45.4 Å². The van der Waals surface area contributed by atoms with Crippen LogP contribution < -0.4 is 0 Å². The fourth-order valence-corrected chi connectivity index (χ4v) is 2.65. The van der Waals surface area contributed by atoms with Gasteiger partial charge in [0.05, 0.1) is 5.56 Å². The Morgan fingerprint density at radius 3 is 2.62 bits per heavy atom. The molecule has 0 aliphatic carbocycles. The van der Waals surface area contributed by atoms with Crippen molar-refractivity contribution in [2.75, 3.05) is 0 Å². The Balaban J connectivity index is 2.03.